The first-order valence-corrected chi connectivity index (χ1v) is 10.0. The lowest BCUT2D eigenvalue weighted by atomic mass is 10.1. The molecule has 0 unspecified atom stereocenters. The molecule has 162 valence electrons. The molecule has 1 saturated heterocycles. The van der Waals surface area contributed by atoms with Crippen molar-refractivity contribution >= 4 is 29.6 Å². The third-order valence-corrected chi connectivity index (χ3v) is 4.44. The summed E-state index contributed by atoms with van der Waals surface area (Å²) in [5.41, 5.74) is 2.33. The highest BCUT2D eigenvalue weighted by molar-refractivity contribution is 6.15. The van der Waals surface area contributed by atoms with Crippen LogP contribution in [-0.4, -0.2) is 42.5 Å². The lowest BCUT2D eigenvalue weighted by Crippen LogP contribution is -2.38. The fourth-order valence-electron chi connectivity index (χ4n) is 3.11. The van der Waals surface area contributed by atoms with Crippen molar-refractivity contribution in [2.24, 2.45) is 0 Å². The second-order valence-corrected chi connectivity index (χ2v) is 6.87. The number of urea groups is 1. The number of nitrogens with one attached hydrogen (secondary N) is 2. The number of nitrogens with zero attached hydrogens (tertiary/aromatic N) is 1. The monoisotopic (exact) mass is 423 g/mol. The molecule has 3 rings (SSSR count). The Hall–Kier alpha value is -3.81. The SMILES string of the molecule is CCOc1ccc(/C=C2\NC(=O)N(CC(=O)Nc3cccc(C)c3)C2=O)cc1OCC. The molecule has 8 heteroatoms. The fraction of sp³-hybridized carbons (Fsp3) is 0.261. The van der Waals surface area contributed by atoms with E-state index in [4.69, 9.17) is 9.47 Å². The van der Waals surface area contributed by atoms with Gasteiger partial charge in [-0.1, -0.05) is 18.2 Å². The predicted molar refractivity (Wildman–Crippen MR) is 117 cm³/mol. The second kappa shape index (κ2) is 9.80. The molecular weight excluding hydrogens is 398 g/mol. The van der Waals surface area contributed by atoms with Crippen LogP contribution in [0.1, 0.15) is 25.0 Å². The number of imide groups is 1. The number of benzene rings is 2. The van der Waals surface area contributed by atoms with Crippen LogP contribution in [0.15, 0.2) is 48.2 Å². The zero-order valence-corrected chi connectivity index (χ0v) is 17.7. The topological polar surface area (TPSA) is 97.0 Å². The Balaban J connectivity index is 1.72. The Morgan fingerprint density at radius 3 is 2.52 bits per heavy atom. The first kappa shape index (κ1) is 21.9. The first-order valence-electron chi connectivity index (χ1n) is 10.0. The molecule has 1 aliphatic heterocycles. The largest absolute Gasteiger partial charge is 0.490 e. The van der Waals surface area contributed by atoms with Crippen molar-refractivity contribution < 1.29 is 23.9 Å². The summed E-state index contributed by atoms with van der Waals surface area (Å²) in [6.45, 7) is 6.21. The van der Waals surface area contributed by atoms with Gasteiger partial charge in [0.15, 0.2) is 11.5 Å². The molecule has 1 aliphatic rings. The molecule has 0 saturated carbocycles. The molecule has 0 aliphatic carbocycles. The van der Waals surface area contributed by atoms with E-state index in [1.54, 1.807) is 30.3 Å². The summed E-state index contributed by atoms with van der Waals surface area (Å²) in [5, 5.41) is 5.21. The molecule has 4 amide bonds. The first-order chi connectivity index (χ1) is 14.9. The van der Waals surface area contributed by atoms with E-state index in [0.29, 0.717) is 36.0 Å². The van der Waals surface area contributed by atoms with Crippen LogP contribution >= 0.6 is 0 Å². The zero-order valence-electron chi connectivity index (χ0n) is 17.7. The van der Waals surface area contributed by atoms with Gasteiger partial charge >= 0.3 is 6.03 Å². The quantitative estimate of drug-likeness (QED) is 0.502. The lowest BCUT2D eigenvalue weighted by molar-refractivity contribution is -0.127. The van der Waals surface area contributed by atoms with Crippen LogP contribution in [-0.2, 0) is 9.59 Å². The van der Waals surface area contributed by atoms with Crippen LogP contribution in [0.5, 0.6) is 11.5 Å². The highest BCUT2D eigenvalue weighted by Gasteiger charge is 2.35. The number of rotatable bonds is 8. The zero-order chi connectivity index (χ0) is 22.4. The van der Waals surface area contributed by atoms with Gasteiger partial charge in [0.1, 0.15) is 12.2 Å². The molecule has 0 atom stereocenters. The van der Waals surface area contributed by atoms with Crippen molar-refractivity contribution in [1.82, 2.24) is 10.2 Å². The number of anilines is 1. The average Bonchev–Trinajstić information content (AvgIpc) is 2.97. The van der Waals surface area contributed by atoms with E-state index in [2.05, 4.69) is 10.6 Å². The van der Waals surface area contributed by atoms with E-state index in [1.807, 2.05) is 32.9 Å². The molecule has 0 aromatic heterocycles. The summed E-state index contributed by atoms with van der Waals surface area (Å²) in [7, 11) is 0. The van der Waals surface area contributed by atoms with Crippen LogP contribution < -0.4 is 20.1 Å². The molecule has 0 radical (unpaired) electrons. The maximum Gasteiger partial charge on any atom is 0.329 e. The van der Waals surface area contributed by atoms with Gasteiger partial charge in [-0.2, -0.15) is 0 Å². The smallest absolute Gasteiger partial charge is 0.329 e. The van der Waals surface area contributed by atoms with E-state index < -0.39 is 17.8 Å². The number of carbonyl (C=O) groups excluding carboxylic acids is 3. The van der Waals surface area contributed by atoms with Gasteiger partial charge in [0.05, 0.1) is 13.2 Å². The maximum atomic E-state index is 12.7. The maximum absolute atomic E-state index is 12.7. The van der Waals surface area contributed by atoms with Crippen LogP contribution in [0.2, 0.25) is 0 Å². The van der Waals surface area contributed by atoms with Crippen molar-refractivity contribution in [2.75, 3.05) is 25.1 Å². The van der Waals surface area contributed by atoms with Gasteiger partial charge in [-0.05, 0) is 62.2 Å². The van der Waals surface area contributed by atoms with Gasteiger partial charge in [0.25, 0.3) is 5.91 Å². The van der Waals surface area contributed by atoms with Crippen molar-refractivity contribution in [3.63, 3.8) is 0 Å². The summed E-state index contributed by atoms with van der Waals surface area (Å²) in [5.74, 6) is 0.110. The Morgan fingerprint density at radius 1 is 1.06 bits per heavy atom. The van der Waals surface area contributed by atoms with E-state index in [0.717, 1.165) is 10.5 Å². The number of amides is 4. The summed E-state index contributed by atoms with van der Waals surface area (Å²) < 4.78 is 11.1. The van der Waals surface area contributed by atoms with Crippen LogP contribution in [0.4, 0.5) is 10.5 Å². The number of ether oxygens (including phenoxy) is 2. The van der Waals surface area contributed by atoms with E-state index in [-0.39, 0.29) is 12.2 Å². The van der Waals surface area contributed by atoms with Crippen LogP contribution in [0.25, 0.3) is 6.08 Å². The minimum Gasteiger partial charge on any atom is -0.490 e. The molecule has 1 heterocycles. The highest BCUT2D eigenvalue weighted by Crippen LogP contribution is 2.29. The molecule has 31 heavy (non-hydrogen) atoms. The number of hydrogen-bond acceptors (Lipinski definition) is 5. The Labute approximate surface area is 180 Å². The van der Waals surface area contributed by atoms with Gasteiger partial charge in [0, 0.05) is 5.69 Å². The van der Waals surface area contributed by atoms with Crippen molar-refractivity contribution in [2.45, 2.75) is 20.8 Å². The average molecular weight is 423 g/mol. The molecule has 2 aromatic rings. The third-order valence-electron chi connectivity index (χ3n) is 4.44. The highest BCUT2D eigenvalue weighted by atomic mass is 16.5. The van der Waals surface area contributed by atoms with Crippen LogP contribution in [0.3, 0.4) is 0 Å². The molecule has 0 spiro atoms. The minimum absolute atomic E-state index is 0.0833. The summed E-state index contributed by atoms with van der Waals surface area (Å²) in [4.78, 5) is 38.1. The van der Waals surface area contributed by atoms with Crippen molar-refractivity contribution in [3.05, 3.63) is 59.3 Å². The van der Waals surface area contributed by atoms with Gasteiger partial charge in [0.2, 0.25) is 5.91 Å². The van der Waals surface area contributed by atoms with E-state index in [9.17, 15) is 14.4 Å². The molecule has 0 bridgehead atoms. The Morgan fingerprint density at radius 2 is 1.81 bits per heavy atom. The van der Waals surface area contributed by atoms with Gasteiger partial charge in [-0.15, -0.1) is 0 Å². The number of hydrogen-bond donors (Lipinski definition) is 2. The predicted octanol–water partition coefficient (Wildman–Crippen LogP) is 3.32. The van der Waals surface area contributed by atoms with E-state index in [1.165, 1.54) is 6.08 Å². The lowest BCUT2D eigenvalue weighted by Gasteiger charge is -2.12. The summed E-state index contributed by atoms with van der Waals surface area (Å²) in [6.07, 6.45) is 1.54. The normalized spacial score (nSPS) is 14.5. The van der Waals surface area contributed by atoms with Gasteiger partial charge < -0.3 is 20.1 Å². The fourth-order valence-corrected chi connectivity index (χ4v) is 3.11. The van der Waals surface area contributed by atoms with Crippen LogP contribution in [0, 0.1) is 6.92 Å². The number of carbonyl (C=O) groups is 3. The second-order valence-electron chi connectivity index (χ2n) is 6.87. The van der Waals surface area contributed by atoms with E-state index >= 15 is 0 Å². The third kappa shape index (κ3) is 5.42. The Kier molecular flexibility index (Phi) is 6.92. The molecule has 2 N–H and O–H groups in total. The molecule has 1 fully saturated rings. The van der Waals surface area contributed by atoms with Gasteiger partial charge in [-0.3, -0.25) is 9.59 Å². The number of aryl methyl sites for hydroxylation is 1. The van der Waals surface area contributed by atoms with Crippen molar-refractivity contribution in [1.29, 1.82) is 0 Å². The van der Waals surface area contributed by atoms with Gasteiger partial charge in [-0.25, -0.2) is 9.69 Å². The molecule has 8 nitrogen and oxygen atoms in total. The molecular formula is C23H25N3O5. The summed E-state index contributed by atoms with van der Waals surface area (Å²) in [6, 6.07) is 11.8. The standard InChI is InChI=1S/C23H25N3O5/c1-4-30-19-10-9-16(13-20(19)31-5-2)12-18-22(28)26(23(29)25-18)14-21(27)24-17-8-6-7-15(3)11-17/h6-13H,4-5,14H2,1-3H3,(H,24,27)(H,25,29)/b18-12-. The molecule has 2 aromatic carbocycles. The van der Waals surface area contributed by atoms with Crippen molar-refractivity contribution in [3.8, 4) is 11.5 Å². The summed E-state index contributed by atoms with van der Waals surface area (Å²) >= 11 is 0. The minimum atomic E-state index is -0.647. The Bertz CT molecular complexity index is 1030.